The summed E-state index contributed by atoms with van der Waals surface area (Å²) in [5, 5.41) is 13.9. The first-order valence-corrected chi connectivity index (χ1v) is 13.0. The summed E-state index contributed by atoms with van der Waals surface area (Å²) in [5.74, 6) is 2.91. The summed E-state index contributed by atoms with van der Waals surface area (Å²) >= 11 is 1.51. The number of aryl methyl sites for hydroxylation is 2. The van der Waals surface area contributed by atoms with Crippen LogP contribution in [0.5, 0.6) is 11.5 Å². The summed E-state index contributed by atoms with van der Waals surface area (Å²) in [5.41, 5.74) is 2.56. The number of methoxy groups -OCH3 is 1. The van der Waals surface area contributed by atoms with Crippen molar-refractivity contribution < 1.29 is 19.4 Å². The standard InChI is InChI=1S/C26H34N2O4S/c1-15-13-27-25(33-15)28-23(30)6-4-5-17-14-32-26(2)10-9-18-19(24(17)26)8-7-16-11-21(29)22(31-3)12-20(16)18/h11-13,17-19,24,29H,4-10,14H2,1-3H3,(H,27,28,30)/t17-,18?,19?,24?,26+/m1/s1. The topological polar surface area (TPSA) is 80.7 Å². The number of benzene rings is 1. The molecule has 0 bridgehead atoms. The maximum absolute atomic E-state index is 12.4. The van der Waals surface area contributed by atoms with Crippen molar-refractivity contribution in [3.63, 3.8) is 0 Å². The molecule has 178 valence electrons. The number of phenolic OH excluding ortho intramolecular Hbond substituents is 1. The molecular formula is C26H34N2O4S. The molecule has 3 unspecified atom stereocenters. The number of ether oxygens (including phenoxy) is 2. The average Bonchev–Trinajstić information content (AvgIpc) is 3.35. The van der Waals surface area contributed by atoms with Crippen LogP contribution in [0.25, 0.3) is 0 Å². The molecule has 2 fully saturated rings. The van der Waals surface area contributed by atoms with E-state index in [-0.39, 0.29) is 17.3 Å². The first-order valence-electron chi connectivity index (χ1n) is 12.1. The lowest BCUT2D eigenvalue weighted by molar-refractivity contribution is -0.116. The molecule has 1 aromatic carbocycles. The van der Waals surface area contributed by atoms with Gasteiger partial charge in [-0.2, -0.15) is 0 Å². The maximum Gasteiger partial charge on any atom is 0.226 e. The SMILES string of the molecule is COc1cc2c(cc1O)CCC1C2CC[C@]2(C)OC[C@@H](CCCC(=O)Nc3ncc(C)s3)C12. The monoisotopic (exact) mass is 470 g/mol. The van der Waals surface area contributed by atoms with Crippen LogP contribution in [0.2, 0.25) is 0 Å². The Hall–Kier alpha value is -2.12. The molecule has 1 amide bonds. The molecular weight excluding hydrogens is 436 g/mol. The van der Waals surface area contributed by atoms with Gasteiger partial charge in [-0.05, 0) is 99.3 Å². The summed E-state index contributed by atoms with van der Waals surface area (Å²) in [4.78, 5) is 17.7. The van der Waals surface area contributed by atoms with Gasteiger partial charge in [0.25, 0.3) is 0 Å². The Kier molecular flexibility index (Phi) is 6.12. The zero-order valence-electron chi connectivity index (χ0n) is 19.7. The van der Waals surface area contributed by atoms with Crippen molar-refractivity contribution >= 4 is 22.4 Å². The predicted molar refractivity (Wildman–Crippen MR) is 129 cm³/mol. The first kappa shape index (κ1) is 22.7. The van der Waals surface area contributed by atoms with Gasteiger partial charge in [-0.3, -0.25) is 4.79 Å². The van der Waals surface area contributed by atoms with E-state index in [0.717, 1.165) is 50.0 Å². The van der Waals surface area contributed by atoms with Crippen LogP contribution in [0.4, 0.5) is 5.13 Å². The van der Waals surface area contributed by atoms with E-state index >= 15 is 0 Å². The van der Waals surface area contributed by atoms with Gasteiger partial charge in [0, 0.05) is 17.5 Å². The minimum absolute atomic E-state index is 0.0473. The summed E-state index contributed by atoms with van der Waals surface area (Å²) in [6.45, 7) is 5.09. The molecule has 0 spiro atoms. The Balaban J connectivity index is 1.26. The number of nitrogens with one attached hydrogen (secondary N) is 1. The second-order valence-corrected chi connectivity index (χ2v) is 11.4. The van der Waals surface area contributed by atoms with E-state index in [9.17, 15) is 9.90 Å². The van der Waals surface area contributed by atoms with Crippen LogP contribution in [0.15, 0.2) is 18.3 Å². The molecule has 1 saturated heterocycles. The molecule has 1 aromatic heterocycles. The highest BCUT2D eigenvalue weighted by atomic mass is 32.1. The third-order valence-corrected chi connectivity index (χ3v) is 9.03. The molecule has 0 radical (unpaired) electrons. The van der Waals surface area contributed by atoms with E-state index in [1.165, 1.54) is 22.5 Å². The number of thiazole rings is 1. The number of carbonyl (C=O) groups excluding carboxylic acids is 1. The Morgan fingerprint density at radius 3 is 3.00 bits per heavy atom. The van der Waals surface area contributed by atoms with Crippen LogP contribution in [0, 0.1) is 24.7 Å². The predicted octanol–water partition coefficient (Wildman–Crippen LogP) is 5.44. The number of phenols is 1. The van der Waals surface area contributed by atoms with Gasteiger partial charge in [0.1, 0.15) is 0 Å². The lowest BCUT2D eigenvalue weighted by Crippen LogP contribution is -2.46. The normalized spacial score (nSPS) is 30.3. The van der Waals surface area contributed by atoms with Crippen molar-refractivity contribution in [2.75, 3.05) is 19.0 Å². The summed E-state index contributed by atoms with van der Waals surface area (Å²) in [6.07, 6.45) is 8.48. The molecule has 6 nitrogen and oxygen atoms in total. The van der Waals surface area contributed by atoms with Gasteiger partial charge < -0.3 is 19.9 Å². The largest absolute Gasteiger partial charge is 0.504 e. The van der Waals surface area contributed by atoms with Crippen molar-refractivity contribution in [3.8, 4) is 11.5 Å². The van der Waals surface area contributed by atoms with E-state index in [4.69, 9.17) is 9.47 Å². The molecule has 1 saturated carbocycles. The fourth-order valence-corrected chi connectivity index (χ4v) is 7.45. The van der Waals surface area contributed by atoms with Gasteiger partial charge in [-0.15, -0.1) is 11.3 Å². The molecule has 3 aliphatic rings. The first-order chi connectivity index (χ1) is 15.9. The van der Waals surface area contributed by atoms with E-state index in [1.54, 1.807) is 13.3 Å². The molecule has 2 aliphatic carbocycles. The highest BCUT2D eigenvalue weighted by Crippen LogP contribution is 2.58. The molecule has 5 rings (SSSR count). The zero-order valence-corrected chi connectivity index (χ0v) is 20.5. The smallest absolute Gasteiger partial charge is 0.226 e. The Bertz CT molecular complexity index is 1040. The molecule has 2 heterocycles. The van der Waals surface area contributed by atoms with E-state index < -0.39 is 0 Å². The number of anilines is 1. The Morgan fingerprint density at radius 2 is 2.24 bits per heavy atom. The minimum Gasteiger partial charge on any atom is -0.504 e. The van der Waals surface area contributed by atoms with Crippen LogP contribution in [-0.2, 0) is 16.0 Å². The number of fused-ring (bicyclic) bond motifs is 5. The lowest BCUT2D eigenvalue weighted by atomic mass is 9.56. The van der Waals surface area contributed by atoms with Crippen molar-refractivity contribution in [2.45, 2.75) is 70.3 Å². The number of hydrogen-bond acceptors (Lipinski definition) is 6. The van der Waals surface area contributed by atoms with Crippen LogP contribution < -0.4 is 10.1 Å². The number of rotatable bonds is 6. The van der Waals surface area contributed by atoms with Gasteiger partial charge in [-0.1, -0.05) is 0 Å². The maximum atomic E-state index is 12.4. The Labute approximate surface area is 199 Å². The number of hydrogen-bond donors (Lipinski definition) is 2. The van der Waals surface area contributed by atoms with Crippen LogP contribution in [0.1, 0.15) is 67.4 Å². The molecule has 1 aliphatic heterocycles. The van der Waals surface area contributed by atoms with Gasteiger partial charge >= 0.3 is 0 Å². The number of aromatic nitrogens is 1. The molecule has 5 atom stereocenters. The van der Waals surface area contributed by atoms with E-state index in [1.807, 2.05) is 13.0 Å². The molecule has 33 heavy (non-hydrogen) atoms. The zero-order chi connectivity index (χ0) is 23.2. The highest BCUT2D eigenvalue weighted by molar-refractivity contribution is 7.15. The Morgan fingerprint density at radius 1 is 1.39 bits per heavy atom. The summed E-state index contributed by atoms with van der Waals surface area (Å²) in [6, 6.07) is 3.98. The third kappa shape index (κ3) is 4.26. The van der Waals surface area contributed by atoms with Gasteiger partial charge in [-0.25, -0.2) is 4.98 Å². The summed E-state index contributed by atoms with van der Waals surface area (Å²) < 4.78 is 11.9. The van der Waals surface area contributed by atoms with Crippen molar-refractivity contribution in [2.24, 2.45) is 17.8 Å². The molecule has 2 aromatic rings. The van der Waals surface area contributed by atoms with Gasteiger partial charge in [0.2, 0.25) is 5.91 Å². The van der Waals surface area contributed by atoms with E-state index in [0.29, 0.717) is 41.0 Å². The third-order valence-electron chi connectivity index (χ3n) is 8.20. The second-order valence-electron chi connectivity index (χ2n) is 10.2. The molecule has 2 N–H and O–H groups in total. The molecule has 7 heteroatoms. The van der Waals surface area contributed by atoms with Crippen LogP contribution >= 0.6 is 11.3 Å². The van der Waals surface area contributed by atoms with Gasteiger partial charge in [0.15, 0.2) is 16.6 Å². The number of amides is 1. The van der Waals surface area contributed by atoms with Crippen LogP contribution in [0.3, 0.4) is 0 Å². The van der Waals surface area contributed by atoms with Crippen molar-refractivity contribution in [1.29, 1.82) is 0 Å². The number of aromatic hydroxyl groups is 1. The summed E-state index contributed by atoms with van der Waals surface area (Å²) in [7, 11) is 1.62. The van der Waals surface area contributed by atoms with Gasteiger partial charge in [0.05, 0.1) is 19.3 Å². The van der Waals surface area contributed by atoms with Crippen molar-refractivity contribution in [1.82, 2.24) is 4.98 Å². The minimum atomic E-state index is -0.0645. The van der Waals surface area contributed by atoms with Crippen molar-refractivity contribution in [3.05, 3.63) is 34.3 Å². The average molecular weight is 471 g/mol. The van der Waals surface area contributed by atoms with Crippen LogP contribution in [-0.4, -0.2) is 35.3 Å². The fourth-order valence-electron chi connectivity index (χ4n) is 6.77. The number of nitrogens with zero attached hydrogens (tertiary/aromatic N) is 1. The quantitative estimate of drug-likeness (QED) is 0.588. The fraction of sp³-hybridized carbons (Fsp3) is 0.615. The lowest BCUT2D eigenvalue weighted by Gasteiger charge is -2.49. The number of carbonyl (C=O) groups is 1. The highest BCUT2D eigenvalue weighted by Gasteiger charge is 2.55. The second kappa shape index (κ2) is 8.91. The van der Waals surface area contributed by atoms with E-state index in [2.05, 4.69) is 23.3 Å².